The van der Waals surface area contributed by atoms with E-state index < -0.39 is 0 Å². The summed E-state index contributed by atoms with van der Waals surface area (Å²) in [6.07, 6.45) is 3.59. The van der Waals surface area contributed by atoms with Crippen LogP contribution in [0.25, 0.3) is 21.6 Å². The first-order chi connectivity index (χ1) is 10.3. The quantitative estimate of drug-likeness (QED) is 0.786. The molecule has 1 fully saturated rings. The first-order valence-corrected chi connectivity index (χ1v) is 7.78. The van der Waals surface area contributed by atoms with Gasteiger partial charge in [0.2, 0.25) is 0 Å². The Kier molecular flexibility index (Phi) is 3.08. The van der Waals surface area contributed by atoms with Gasteiger partial charge in [0.25, 0.3) is 0 Å². The molecule has 1 saturated heterocycles. The molecule has 0 aliphatic carbocycles. The van der Waals surface area contributed by atoms with Gasteiger partial charge in [-0.1, -0.05) is 0 Å². The highest BCUT2D eigenvalue weighted by molar-refractivity contribution is 7.13. The van der Waals surface area contributed by atoms with Crippen molar-refractivity contribution in [3.05, 3.63) is 23.6 Å². The average Bonchev–Trinajstić information content (AvgIpc) is 3.13. The molecule has 7 heteroatoms. The van der Waals surface area contributed by atoms with Crippen LogP contribution in [0.1, 0.15) is 5.69 Å². The van der Waals surface area contributed by atoms with E-state index in [4.69, 9.17) is 4.74 Å². The Morgan fingerprint density at radius 3 is 2.90 bits per heavy atom. The van der Waals surface area contributed by atoms with E-state index in [1.54, 1.807) is 17.7 Å². The fraction of sp³-hybridized carbons (Fsp3) is 0.357. The van der Waals surface area contributed by atoms with E-state index in [1.807, 2.05) is 13.1 Å². The largest absolute Gasteiger partial charge is 0.378 e. The topological polar surface area (TPSA) is 66.9 Å². The normalized spacial score (nSPS) is 15.8. The number of aromatic nitrogens is 4. The smallest absolute Gasteiger partial charge is 0.143 e. The van der Waals surface area contributed by atoms with Crippen molar-refractivity contribution in [2.75, 3.05) is 31.2 Å². The third-order valence-electron chi connectivity index (χ3n) is 3.61. The zero-order valence-corrected chi connectivity index (χ0v) is 12.5. The van der Waals surface area contributed by atoms with Crippen molar-refractivity contribution in [3.8, 4) is 10.6 Å². The van der Waals surface area contributed by atoms with Gasteiger partial charge in [0.1, 0.15) is 22.8 Å². The molecule has 0 radical (unpaired) electrons. The monoisotopic (exact) mass is 301 g/mol. The number of morpholine rings is 1. The van der Waals surface area contributed by atoms with Crippen LogP contribution in [0.3, 0.4) is 0 Å². The predicted octanol–water partition coefficient (Wildman–Crippen LogP) is 2.23. The minimum Gasteiger partial charge on any atom is -0.378 e. The van der Waals surface area contributed by atoms with Crippen molar-refractivity contribution in [2.45, 2.75) is 6.92 Å². The van der Waals surface area contributed by atoms with Crippen molar-refractivity contribution in [1.82, 2.24) is 19.9 Å². The average molecular weight is 301 g/mol. The number of nitrogens with zero attached hydrogens (tertiary/aromatic N) is 4. The van der Waals surface area contributed by atoms with Crippen LogP contribution in [0.2, 0.25) is 0 Å². The molecule has 6 nitrogen and oxygen atoms in total. The number of fused-ring (bicyclic) bond motifs is 1. The number of anilines is 1. The first kappa shape index (κ1) is 12.7. The van der Waals surface area contributed by atoms with Crippen molar-refractivity contribution in [3.63, 3.8) is 0 Å². The standard InChI is InChI=1S/C14H15N5OS/c1-9-7-21-14(18-9)10-6-15-12-11(10)13(17-8-16-12)19-2-4-20-5-3-19/h6-8H,2-5H2,1H3,(H,15,16,17). The first-order valence-electron chi connectivity index (χ1n) is 6.90. The van der Waals surface area contributed by atoms with Crippen LogP contribution >= 0.6 is 11.3 Å². The van der Waals surface area contributed by atoms with E-state index in [2.05, 4.69) is 30.2 Å². The Morgan fingerprint density at radius 2 is 2.14 bits per heavy atom. The number of hydrogen-bond donors (Lipinski definition) is 1. The number of ether oxygens (including phenoxy) is 1. The van der Waals surface area contributed by atoms with Crippen molar-refractivity contribution >= 4 is 28.2 Å². The van der Waals surface area contributed by atoms with Crippen LogP contribution in [0, 0.1) is 6.92 Å². The van der Waals surface area contributed by atoms with Gasteiger partial charge >= 0.3 is 0 Å². The van der Waals surface area contributed by atoms with E-state index in [9.17, 15) is 0 Å². The van der Waals surface area contributed by atoms with E-state index in [0.29, 0.717) is 0 Å². The van der Waals surface area contributed by atoms with Gasteiger partial charge in [-0.15, -0.1) is 11.3 Å². The van der Waals surface area contributed by atoms with E-state index >= 15 is 0 Å². The van der Waals surface area contributed by atoms with Crippen molar-refractivity contribution in [1.29, 1.82) is 0 Å². The van der Waals surface area contributed by atoms with Gasteiger partial charge in [0.15, 0.2) is 0 Å². The summed E-state index contributed by atoms with van der Waals surface area (Å²) in [5, 5.41) is 4.11. The highest BCUT2D eigenvalue weighted by atomic mass is 32.1. The maximum atomic E-state index is 5.43. The van der Waals surface area contributed by atoms with E-state index in [0.717, 1.165) is 59.4 Å². The number of nitrogens with one attached hydrogen (secondary N) is 1. The zero-order chi connectivity index (χ0) is 14.2. The lowest BCUT2D eigenvalue weighted by Gasteiger charge is -2.28. The fourth-order valence-electron chi connectivity index (χ4n) is 2.61. The van der Waals surface area contributed by atoms with Gasteiger partial charge in [-0.3, -0.25) is 0 Å². The van der Waals surface area contributed by atoms with Crippen LogP contribution in [0.5, 0.6) is 0 Å². The molecule has 4 heterocycles. The molecule has 0 amide bonds. The molecule has 1 aliphatic heterocycles. The second kappa shape index (κ2) is 5.09. The molecule has 21 heavy (non-hydrogen) atoms. The van der Waals surface area contributed by atoms with Crippen LogP contribution in [-0.2, 0) is 4.74 Å². The minimum absolute atomic E-state index is 0.738. The third kappa shape index (κ3) is 2.18. The van der Waals surface area contributed by atoms with Crippen LogP contribution < -0.4 is 4.90 Å². The summed E-state index contributed by atoms with van der Waals surface area (Å²) in [6, 6.07) is 0. The lowest BCUT2D eigenvalue weighted by Crippen LogP contribution is -2.36. The van der Waals surface area contributed by atoms with Gasteiger partial charge in [0, 0.05) is 35.9 Å². The summed E-state index contributed by atoms with van der Waals surface area (Å²) in [6.45, 7) is 5.19. The molecular weight excluding hydrogens is 286 g/mol. The second-order valence-electron chi connectivity index (χ2n) is 5.02. The number of aromatic amines is 1. The third-order valence-corrected chi connectivity index (χ3v) is 4.60. The summed E-state index contributed by atoms with van der Waals surface area (Å²) >= 11 is 1.65. The molecule has 4 rings (SSSR count). The van der Waals surface area contributed by atoms with Crippen LogP contribution in [0.4, 0.5) is 5.82 Å². The van der Waals surface area contributed by atoms with Gasteiger partial charge < -0.3 is 14.6 Å². The molecule has 0 atom stereocenters. The Labute approximate surface area is 125 Å². The SMILES string of the molecule is Cc1csc(-c2c[nH]c3ncnc(N4CCOCC4)c23)n1. The maximum Gasteiger partial charge on any atom is 0.143 e. The molecular formula is C14H15N5OS. The second-order valence-corrected chi connectivity index (χ2v) is 5.87. The van der Waals surface area contributed by atoms with E-state index in [-0.39, 0.29) is 0 Å². The maximum absolute atomic E-state index is 5.43. The summed E-state index contributed by atoms with van der Waals surface area (Å²) in [7, 11) is 0. The number of thiazole rings is 1. The van der Waals surface area contributed by atoms with Crippen LogP contribution in [-0.4, -0.2) is 46.2 Å². The molecule has 3 aromatic rings. The molecule has 0 bridgehead atoms. The van der Waals surface area contributed by atoms with Gasteiger partial charge in [-0.2, -0.15) is 0 Å². The summed E-state index contributed by atoms with van der Waals surface area (Å²) in [5.41, 5.74) is 2.97. The van der Waals surface area contributed by atoms with Crippen molar-refractivity contribution < 1.29 is 4.74 Å². The number of rotatable bonds is 2. The van der Waals surface area contributed by atoms with Gasteiger partial charge in [-0.05, 0) is 6.92 Å². The summed E-state index contributed by atoms with van der Waals surface area (Å²) in [5.74, 6) is 0.965. The molecule has 1 N–H and O–H groups in total. The zero-order valence-electron chi connectivity index (χ0n) is 11.7. The Hall–Kier alpha value is -1.99. The Balaban J connectivity index is 1.88. The molecule has 0 spiro atoms. The molecule has 108 valence electrons. The fourth-order valence-corrected chi connectivity index (χ4v) is 3.43. The Bertz CT molecular complexity index is 775. The summed E-state index contributed by atoms with van der Waals surface area (Å²) in [4.78, 5) is 18.9. The Morgan fingerprint density at radius 1 is 1.29 bits per heavy atom. The molecule has 0 unspecified atom stereocenters. The van der Waals surface area contributed by atoms with Gasteiger partial charge in [-0.25, -0.2) is 15.0 Å². The predicted molar refractivity (Wildman–Crippen MR) is 82.8 cm³/mol. The highest BCUT2D eigenvalue weighted by Crippen LogP contribution is 2.35. The number of aryl methyl sites for hydroxylation is 1. The van der Waals surface area contributed by atoms with Crippen molar-refractivity contribution in [2.24, 2.45) is 0 Å². The minimum atomic E-state index is 0.738. The summed E-state index contributed by atoms with van der Waals surface area (Å²) < 4.78 is 5.43. The molecule has 0 saturated carbocycles. The van der Waals surface area contributed by atoms with Gasteiger partial charge in [0.05, 0.1) is 18.6 Å². The molecule has 3 aromatic heterocycles. The number of hydrogen-bond acceptors (Lipinski definition) is 6. The lowest BCUT2D eigenvalue weighted by atomic mass is 10.2. The molecule has 0 aromatic carbocycles. The van der Waals surface area contributed by atoms with E-state index in [1.165, 1.54) is 0 Å². The highest BCUT2D eigenvalue weighted by Gasteiger charge is 2.20. The van der Waals surface area contributed by atoms with Crippen LogP contribution in [0.15, 0.2) is 17.9 Å². The lowest BCUT2D eigenvalue weighted by molar-refractivity contribution is 0.122. The number of H-pyrrole nitrogens is 1. The molecule has 1 aliphatic rings.